The van der Waals surface area contributed by atoms with Crippen molar-refractivity contribution >= 4 is 11.6 Å². The van der Waals surface area contributed by atoms with Crippen molar-refractivity contribution in [1.29, 1.82) is 0 Å². The molecule has 0 aliphatic rings. The summed E-state index contributed by atoms with van der Waals surface area (Å²) in [7, 11) is 1.67. The van der Waals surface area contributed by atoms with Crippen molar-refractivity contribution in [1.82, 2.24) is 9.97 Å². The van der Waals surface area contributed by atoms with Crippen molar-refractivity contribution < 1.29 is 4.74 Å². The Morgan fingerprint density at radius 1 is 0.885 bits per heavy atom. The molecule has 26 heavy (non-hydrogen) atoms. The number of methoxy groups -OCH3 is 1. The molecule has 0 aliphatic carbocycles. The smallest absolute Gasteiger partial charge is 0.163 e. The van der Waals surface area contributed by atoms with Gasteiger partial charge in [0.2, 0.25) is 0 Å². The molecule has 0 radical (unpaired) electrons. The summed E-state index contributed by atoms with van der Waals surface area (Å²) in [6, 6.07) is 20.0. The van der Waals surface area contributed by atoms with E-state index >= 15 is 0 Å². The first-order valence-corrected chi connectivity index (χ1v) is 8.83. The first kappa shape index (κ1) is 17.7. The van der Waals surface area contributed by atoms with Crippen LogP contribution in [0.3, 0.4) is 0 Å². The molecule has 2 aromatic carbocycles. The molecule has 1 heterocycles. The van der Waals surface area contributed by atoms with Gasteiger partial charge in [0.15, 0.2) is 5.82 Å². The number of anilines is 2. The standard InChI is InChI=1S/C21H24N4O/c1-3-13-22-19-14-20(23-15-16-9-11-18(26-2)12-10-16)25-21(24-19)17-7-5-4-6-8-17/h4-12,14H,3,13,15H2,1-2H3,(H2,22,23,24,25). The summed E-state index contributed by atoms with van der Waals surface area (Å²) in [6.45, 7) is 3.70. The lowest BCUT2D eigenvalue weighted by Crippen LogP contribution is -2.07. The third-order valence-electron chi connectivity index (χ3n) is 3.95. The Hall–Kier alpha value is -3.08. The summed E-state index contributed by atoms with van der Waals surface area (Å²) in [5.74, 6) is 3.20. The highest BCUT2D eigenvalue weighted by Gasteiger charge is 2.07. The van der Waals surface area contributed by atoms with Crippen molar-refractivity contribution in [2.75, 3.05) is 24.3 Å². The van der Waals surface area contributed by atoms with Gasteiger partial charge in [0, 0.05) is 24.7 Å². The lowest BCUT2D eigenvalue weighted by Gasteiger charge is -2.11. The molecule has 0 atom stereocenters. The van der Waals surface area contributed by atoms with Crippen LogP contribution < -0.4 is 15.4 Å². The topological polar surface area (TPSA) is 59.1 Å². The molecule has 3 rings (SSSR count). The predicted molar refractivity (Wildman–Crippen MR) is 107 cm³/mol. The van der Waals surface area contributed by atoms with Gasteiger partial charge >= 0.3 is 0 Å². The van der Waals surface area contributed by atoms with Crippen LogP contribution in [0.15, 0.2) is 60.7 Å². The highest BCUT2D eigenvalue weighted by Crippen LogP contribution is 2.21. The fourth-order valence-electron chi connectivity index (χ4n) is 2.53. The molecular formula is C21H24N4O. The Bertz CT molecular complexity index is 819. The van der Waals surface area contributed by atoms with Gasteiger partial charge < -0.3 is 15.4 Å². The van der Waals surface area contributed by atoms with Gasteiger partial charge in [-0.25, -0.2) is 9.97 Å². The molecule has 5 heteroatoms. The largest absolute Gasteiger partial charge is 0.497 e. The van der Waals surface area contributed by atoms with Gasteiger partial charge in [-0.3, -0.25) is 0 Å². The van der Waals surface area contributed by atoms with Gasteiger partial charge in [-0.1, -0.05) is 49.4 Å². The van der Waals surface area contributed by atoms with Crippen LogP contribution >= 0.6 is 0 Å². The second-order valence-corrected chi connectivity index (χ2v) is 5.96. The molecule has 0 unspecified atom stereocenters. The van der Waals surface area contributed by atoms with Gasteiger partial charge in [-0.15, -0.1) is 0 Å². The summed E-state index contributed by atoms with van der Waals surface area (Å²) >= 11 is 0. The Labute approximate surface area is 154 Å². The Kier molecular flexibility index (Phi) is 6.04. The van der Waals surface area contributed by atoms with Crippen molar-refractivity contribution in [2.24, 2.45) is 0 Å². The number of hydrogen-bond donors (Lipinski definition) is 2. The summed E-state index contributed by atoms with van der Waals surface area (Å²) in [5.41, 5.74) is 2.16. The molecule has 0 spiro atoms. The van der Waals surface area contributed by atoms with Gasteiger partial charge in [-0.2, -0.15) is 0 Å². The second-order valence-electron chi connectivity index (χ2n) is 5.96. The minimum absolute atomic E-state index is 0.683. The quantitative estimate of drug-likeness (QED) is 0.624. The minimum Gasteiger partial charge on any atom is -0.497 e. The van der Waals surface area contributed by atoms with Crippen LogP contribution in [-0.4, -0.2) is 23.6 Å². The van der Waals surface area contributed by atoms with Crippen LogP contribution in [0.5, 0.6) is 5.75 Å². The maximum absolute atomic E-state index is 5.20. The van der Waals surface area contributed by atoms with Crippen LogP contribution in [0.4, 0.5) is 11.6 Å². The van der Waals surface area contributed by atoms with E-state index < -0.39 is 0 Å². The van der Waals surface area contributed by atoms with E-state index in [1.54, 1.807) is 7.11 Å². The molecule has 0 amide bonds. The van der Waals surface area contributed by atoms with E-state index in [0.717, 1.165) is 41.5 Å². The maximum Gasteiger partial charge on any atom is 0.163 e. The summed E-state index contributed by atoms with van der Waals surface area (Å²) < 4.78 is 5.20. The van der Waals surface area contributed by atoms with E-state index in [9.17, 15) is 0 Å². The van der Waals surface area contributed by atoms with E-state index in [-0.39, 0.29) is 0 Å². The molecule has 3 aromatic rings. The Morgan fingerprint density at radius 3 is 2.23 bits per heavy atom. The highest BCUT2D eigenvalue weighted by atomic mass is 16.5. The van der Waals surface area contributed by atoms with Crippen LogP contribution in [0, 0.1) is 0 Å². The highest BCUT2D eigenvalue weighted by molar-refractivity contribution is 5.61. The molecule has 5 nitrogen and oxygen atoms in total. The SMILES string of the molecule is CCCNc1cc(NCc2ccc(OC)cc2)nc(-c2ccccc2)n1. The molecule has 0 saturated heterocycles. The summed E-state index contributed by atoms with van der Waals surface area (Å²) in [5, 5.41) is 6.74. The molecule has 2 N–H and O–H groups in total. The zero-order valence-electron chi connectivity index (χ0n) is 15.2. The molecular weight excluding hydrogens is 324 g/mol. The third kappa shape index (κ3) is 4.72. The fraction of sp³-hybridized carbons (Fsp3) is 0.238. The van der Waals surface area contributed by atoms with E-state index in [0.29, 0.717) is 12.4 Å². The zero-order valence-corrected chi connectivity index (χ0v) is 15.2. The van der Waals surface area contributed by atoms with Gasteiger partial charge in [-0.05, 0) is 24.1 Å². The van der Waals surface area contributed by atoms with Gasteiger partial charge in [0.25, 0.3) is 0 Å². The zero-order chi connectivity index (χ0) is 18.2. The van der Waals surface area contributed by atoms with E-state index in [2.05, 4.69) is 27.5 Å². The number of nitrogens with zero attached hydrogens (tertiary/aromatic N) is 2. The monoisotopic (exact) mass is 348 g/mol. The van der Waals surface area contributed by atoms with Crippen molar-refractivity contribution in [3.8, 4) is 17.1 Å². The maximum atomic E-state index is 5.20. The lowest BCUT2D eigenvalue weighted by molar-refractivity contribution is 0.414. The van der Waals surface area contributed by atoms with E-state index in [4.69, 9.17) is 4.74 Å². The van der Waals surface area contributed by atoms with Crippen molar-refractivity contribution in [2.45, 2.75) is 19.9 Å². The van der Waals surface area contributed by atoms with Crippen LogP contribution in [0.25, 0.3) is 11.4 Å². The average molecular weight is 348 g/mol. The fourth-order valence-corrected chi connectivity index (χ4v) is 2.53. The molecule has 134 valence electrons. The number of hydrogen-bond acceptors (Lipinski definition) is 5. The first-order valence-electron chi connectivity index (χ1n) is 8.83. The number of aromatic nitrogens is 2. The lowest BCUT2D eigenvalue weighted by atomic mass is 10.2. The predicted octanol–water partition coefficient (Wildman–Crippen LogP) is 4.59. The Balaban J connectivity index is 1.80. The van der Waals surface area contributed by atoms with Crippen LogP contribution in [-0.2, 0) is 6.54 Å². The second kappa shape index (κ2) is 8.85. The number of benzene rings is 2. The molecule has 0 bridgehead atoms. The molecule has 0 fully saturated rings. The van der Waals surface area contributed by atoms with E-state index in [1.807, 2.05) is 60.7 Å². The molecule has 0 saturated carbocycles. The number of ether oxygens (including phenoxy) is 1. The van der Waals surface area contributed by atoms with Crippen LogP contribution in [0.2, 0.25) is 0 Å². The van der Waals surface area contributed by atoms with Crippen molar-refractivity contribution in [3.63, 3.8) is 0 Å². The summed E-state index contributed by atoms with van der Waals surface area (Å²) in [6.07, 6.45) is 1.04. The Morgan fingerprint density at radius 2 is 1.58 bits per heavy atom. The van der Waals surface area contributed by atoms with Gasteiger partial charge in [0.1, 0.15) is 17.4 Å². The molecule has 1 aromatic heterocycles. The summed E-state index contributed by atoms with van der Waals surface area (Å²) in [4.78, 5) is 9.31. The van der Waals surface area contributed by atoms with Crippen molar-refractivity contribution in [3.05, 3.63) is 66.2 Å². The third-order valence-corrected chi connectivity index (χ3v) is 3.95. The first-order chi connectivity index (χ1) is 12.8. The van der Waals surface area contributed by atoms with E-state index in [1.165, 1.54) is 0 Å². The van der Waals surface area contributed by atoms with Gasteiger partial charge in [0.05, 0.1) is 7.11 Å². The van der Waals surface area contributed by atoms with Crippen LogP contribution in [0.1, 0.15) is 18.9 Å². The number of nitrogens with one attached hydrogen (secondary N) is 2. The molecule has 0 aliphatic heterocycles. The minimum atomic E-state index is 0.683. The number of rotatable bonds is 8. The normalized spacial score (nSPS) is 10.4. The average Bonchev–Trinajstić information content (AvgIpc) is 2.71.